The molecule has 274 valence electrons. The van der Waals surface area contributed by atoms with Crippen molar-refractivity contribution in [3.05, 3.63) is 135 Å². The highest BCUT2D eigenvalue weighted by atomic mass is 32.2. The maximum absolute atomic E-state index is 14.6. The molecule has 7 nitrogen and oxygen atoms in total. The molecule has 0 heterocycles. The summed E-state index contributed by atoms with van der Waals surface area (Å²) in [6.07, 6.45) is 0. The molecule has 0 atom stereocenters. The molecular weight excluding hydrogens is 783 g/mol. The third kappa shape index (κ3) is 4.75. The first-order chi connectivity index (χ1) is 25.3. The predicted octanol–water partition coefficient (Wildman–Crippen LogP) is 7.44. The van der Waals surface area contributed by atoms with Crippen molar-refractivity contribution >= 4 is 31.0 Å². The molecule has 0 bridgehead atoms. The molecule has 0 amide bonds. The Morgan fingerprint density at radius 3 is 1.26 bits per heavy atom. The summed E-state index contributed by atoms with van der Waals surface area (Å²) in [6.45, 7) is 0. The van der Waals surface area contributed by atoms with Crippen LogP contribution in [-0.4, -0.2) is 29.7 Å². The first kappa shape index (κ1) is 36.4. The van der Waals surface area contributed by atoms with Crippen molar-refractivity contribution in [1.82, 2.24) is 5.32 Å². The van der Waals surface area contributed by atoms with Crippen LogP contribution in [0.15, 0.2) is 73.8 Å². The van der Waals surface area contributed by atoms with E-state index in [-0.39, 0.29) is 55.8 Å². The number of ketones is 1. The Kier molecular flexibility index (Phi) is 8.09. The predicted molar refractivity (Wildman–Crippen MR) is 165 cm³/mol. The van der Waals surface area contributed by atoms with E-state index in [9.17, 15) is 70.8 Å². The van der Waals surface area contributed by atoms with Gasteiger partial charge in [0.25, 0.3) is 0 Å². The van der Waals surface area contributed by atoms with E-state index in [0.717, 1.165) is 30.3 Å². The van der Waals surface area contributed by atoms with E-state index < -0.39 is 103 Å². The Labute approximate surface area is 296 Å². The number of rotatable bonds is 5. The van der Waals surface area contributed by atoms with Crippen LogP contribution in [-0.2, 0) is 19.7 Å². The highest BCUT2D eigenvalue weighted by molar-refractivity contribution is 7.91. The van der Waals surface area contributed by atoms with Gasteiger partial charge >= 0.3 is 0 Å². The van der Waals surface area contributed by atoms with Crippen molar-refractivity contribution in [3.63, 3.8) is 0 Å². The maximum Gasteiger partial charge on any atom is 0.212 e. The van der Waals surface area contributed by atoms with Gasteiger partial charge in [-0.25, -0.2) is 60.7 Å². The van der Waals surface area contributed by atoms with E-state index in [1.807, 2.05) is 6.07 Å². The topological polar surface area (TPSA) is 121 Å². The van der Waals surface area contributed by atoms with Crippen LogP contribution < -0.4 is 5.32 Å². The lowest BCUT2D eigenvalue weighted by Gasteiger charge is -2.12. The summed E-state index contributed by atoms with van der Waals surface area (Å²) in [7, 11) is -9.65. The summed E-state index contributed by atoms with van der Waals surface area (Å²) in [5, 5.41) is 12.5. The second-order valence-corrected chi connectivity index (χ2v) is 15.4. The third-order valence-corrected chi connectivity index (χ3v) is 12.4. The quantitative estimate of drug-likeness (QED) is 0.0633. The minimum Gasteiger partial charge on any atom is -0.379 e. The number of benzene rings is 5. The molecule has 0 aliphatic heterocycles. The number of carbonyl (C=O) groups is 1. The zero-order valence-electron chi connectivity index (χ0n) is 26.2. The highest BCUT2D eigenvalue weighted by Gasteiger charge is 2.39. The van der Waals surface area contributed by atoms with Gasteiger partial charge in [-0.15, -0.1) is 0 Å². The average molecular weight is 795 g/mol. The minimum atomic E-state index is -5.48. The van der Waals surface area contributed by atoms with Crippen molar-refractivity contribution in [2.45, 2.75) is 19.6 Å². The summed E-state index contributed by atoms with van der Waals surface area (Å²) in [5.74, 6) is -26.6. The lowest BCUT2D eigenvalue weighted by atomic mass is 9.96. The lowest BCUT2D eigenvalue weighted by Crippen LogP contribution is -2.13. The molecule has 2 aliphatic rings. The lowest BCUT2D eigenvalue weighted by molar-refractivity contribution is 0.104. The number of allylic oxidation sites excluding steroid dienone is 1. The molecule has 0 saturated heterocycles. The van der Waals surface area contributed by atoms with E-state index in [4.69, 9.17) is 0 Å². The summed E-state index contributed by atoms with van der Waals surface area (Å²) in [5.41, 5.74) is -0.365. The normalized spacial score (nSPS) is 14.0. The van der Waals surface area contributed by atoms with E-state index in [0.29, 0.717) is 6.07 Å². The van der Waals surface area contributed by atoms with Crippen molar-refractivity contribution in [1.29, 1.82) is 5.26 Å². The molecule has 5 aromatic carbocycles. The average Bonchev–Trinajstić information content (AvgIpc) is 3.61. The van der Waals surface area contributed by atoms with Crippen LogP contribution in [0.1, 0.15) is 27.0 Å². The molecule has 1 N–H and O–H groups in total. The standard InChI is InChI=1S/C35H12F10N2O5S2/c1-47-21(10-46)22-17-6-11(53(49,50)34-29(42)25(38)23(36)26(39)30(34)43)2-4-13(17)15-9-20-16(8-18(15)22)14-5-3-12(7-19(14)33(20)48)54(51,52)35-31(44)27(40)24(37)28(41)32(35)45/h2-9,47H,1H3/b22-21-. The Morgan fingerprint density at radius 1 is 0.500 bits per heavy atom. The Morgan fingerprint density at radius 2 is 0.833 bits per heavy atom. The van der Waals surface area contributed by atoms with Gasteiger partial charge in [0.05, 0.1) is 9.79 Å². The van der Waals surface area contributed by atoms with Crippen molar-refractivity contribution in [2.75, 3.05) is 7.05 Å². The van der Waals surface area contributed by atoms with Crippen LogP contribution in [0.2, 0.25) is 0 Å². The monoisotopic (exact) mass is 794 g/mol. The molecule has 7 rings (SSSR count). The maximum atomic E-state index is 14.6. The van der Waals surface area contributed by atoms with Gasteiger partial charge < -0.3 is 5.32 Å². The Bertz CT molecular complexity index is 2880. The van der Waals surface area contributed by atoms with Gasteiger partial charge in [-0.2, -0.15) is 5.26 Å². The van der Waals surface area contributed by atoms with Gasteiger partial charge in [0.2, 0.25) is 31.3 Å². The number of nitriles is 1. The minimum absolute atomic E-state index is 0.0158. The second kappa shape index (κ2) is 12.0. The fraction of sp³-hybridized carbons (Fsp3) is 0.0286. The van der Waals surface area contributed by atoms with Gasteiger partial charge in [0.1, 0.15) is 21.6 Å². The smallest absolute Gasteiger partial charge is 0.212 e. The molecule has 54 heavy (non-hydrogen) atoms. The molecule has 5 aromatic rings. The first-order valence-corrected chi connectivity index (χ1v) is 17.6. The number of nitrogens with one attached hydrogen (secondary N) is 1. The van der Waals surface area contributed by atoms with Crippen molar-refractivity contribution in [2.24, 2.45) is 0 Å². The van der Waals surface area contributed by atoms with Crippen LogP contribution in [0.5, 0.6) is 0 Å². The second-order valence-electron chi connectivity index (χ2n) is 11.6. The number of fused-ring (bicyclic) bond motifs is 6. The fourth-order valence-corrected chi connectivity index (χ4v) is 9.17. The first-order valence-electron chi connectivity index (χ1n) is 14.7. The number of nitrogens with zero attached hydrogens (tertiary/aromatic N) is 1. The van der Waals surface area contributed by atoms with Crippen LogP contribution in [0.25, 0.3) is 27.8 Å². The number of halogens is 10. The molecule has 0 aromatic heterocycles. The zero-order chi connectivity index (χ0) is 39.5. The molecule has 2 aliphatic carbocycles. The summed E-state index contributed by atoms with van der Waals surface area (Å²) >= 11 is 0. The molecule has 0 radical (unpaired) electrons. The Balaban J connectivity index is 1.38. The van der Waals surface area contributed by atoms with E-state index in [2.05, 4.69) is 5.32 Å². The molecule has 0 spiro atoms. The number of sulfone groups is 2. The van der Waals surface area contributed by atoms with Gasteiger partial charge in [-0.05, 0) is 69.8 Å². The highest BCUT2D eigenvalue weighted by Crippen LogP contribution is 2.51. The molecule has 0 saturated carbocycles. The summed E-state index contributed by atoms with van der Waals surface area (Å²) in [6, 6.07) is 9.58. The van der Waals surface area contributed by atoms with Gasteiger partial charge in [0, 0.05) is 23.7 Å². The molecule has 19 heteroatoms. The van der Waals surface area contributed by atoms with E-state index in [1.165, 1.54) is 19.2 Å². The van der Waals surface area contributed by atoms with Crippen LogP contribution in [0.4, 0.5) is 43.9 Å². The fourth-order valence-electron chi connectivity index (χ4n) is 6.36. The number of hydrogen-bond donors (Lipinski definition) is 1. The summed E-state index contributed by atoms with van der Waals surface area (Å²) < 4.78 is 195. The van der Waals surface area contributed by atoms with Crippen LogP contribution >= 0.6 is 0 Å². The molecular formula is C35H12F10N2O5S2. The third-order valence-electron chi connectivity index (χ3n) is 8.86. The zero-order valence-corrected chi connectivity index (χ0v) is 27.8. The SMILES string of the molecule is CN/C(C#N)=C1/c2cc(S(=O)(=O)c3c(F)c(F)c(F)c(F)c3F)ccc2-c2cc3c(cc21)-c1ccc(S(=O)(=O)c2c(F)c(F)c(F)c(F)c2F)cc1C3=O. The van der Waals surface area contributed by atoms with Gasteiger partial charge in [-0.3, -0.25) is 4.79 Å². The molecule has 0 unspecified atom stereocenters. The number of carbonyl (C=O) groups excluding carboxylic acids is 1. The van der Waals surface area contributed by atoms with Crippen molar-refractivity contribution < 1.29 is 65.5 Å². The summed E-state index contributed by atoms with van der Waals surface area (Å²) in [4.78, 5) is 7.46. The molecule has 0 fully saturated rings. The largest absolute Gasteiger partial charge is 0.379 e. The van der Waals surface area contributed by atoms with Crippen molar-refractivity contribution in [3.8, 4) is 28.3 Å². The Hall–Kier alpha value is -6.00. The van der Waals surface area contributed by atoms with Crippen LogP contribution in [0, 0.1) is 69.5 Å². The van der Waals surface area contributed by atoms with Gasteiger partial charge in [-0.1, -0.05) is 12.1 Å². The van der Waals surface area contributed by atoms with E-state index in [1.54, 1.807) is 0 Å². The van der Waals surface area contributed by atoms with E-state index >= 15 is 0 Å². The van der Waals surface area contributed by atoms with Crippen LogP contribution in [0.3, 0.4) is 0 Å². The number of hydrogen-bond acceptors (Lipinski definition) is 7. The van der Waals surface area contributed by atoms with Gasteiger partial charge in [0.15, 0.2) is 52.3 Å².